The van der Waals surface area contributed by atoms with E-state index in [1.165, 1.54) is 18.2 Å². The van der Waals surface area contributed by atoms with E-state index in [9.17, 15) is 19.7 Å². The Balaban J connectivity index is 1.37. The average molecular weight is 369 g/mol. The number of likely N-dealkylation sites (tertiary alicyclic amines) is 1. The number of para-hydroxylation sites is 2. The molecule has 0 aromatic heterocycles. The number of nitro groups is 1. The van der Waals surface area contributed by atoms with Crippen LogP contribution in [0, 0.1) is 16.0 Å². The zero-order valence-electron chi connectivity index (χ0n) is 14.1. The number of rotatable bonds is 4. The summed E-state index contributed by atoms with van der Waals surface area (Å²) in [6.45, 7) is 0.629. The molecule has 2 amide bonds. The van der Waals surface area contributed by atoms with Gasteiger partial charge in [0.1, 0.15) is 5.69 Å². The molecule has 138 valence electrons. The first-order chi connectivity index (χ1) is 13.0. The van der Waals surface area contributed by atoms with Crippen LogP contribution in [-0.2, 0) is 4.79 Å². The van der Waals surface area contributed by atoms with E-state index >= 15 is 0 Å². The topological polar surface area (TPSA) is 111 Å². The fourth-order valence-electron chi connectivity index (χ4n) is 3.00. The Kier molecular flexibility index (Phi) is 4.11. The highest BCUT2D eigenvalue weighted by atomic mass is 16.7. The van der Waals surface area contributed by atoms with Crippen LogP contribution in [0.1, 0.15) is 10.4 Å². The van der Waals surface area contributed by atoms with Crippen molar-refractivity contribution in [1.82, 2.24) is 4.90 Å². The number of fused-ring (bicyclic) bond motifs is 1. The fraction of sp³-hybridized carbons (Fsp3) is 0.222. The predicted molar refractivity (Wildman–Crippen MR) is 93.7 cm³/mol. The molecule has 0 bridgehead atoms. The molecule has 1 N–H and O–H groups in total. The molecule has 9 heteroatoms. The standard InChI is InChI=1S/C18H15N3O6/c22-17(19-13-3-1-2-4-14(13)21(24)25)12-8-20(9-12)18(23)11-5-6-15-16(7-11)27-10-26-15/h1-7,12H,8-10H2,(H,19,22). The summed E-state index contributed by atoms with van der Waals surface area (Å²) in [7, 11) is 0. The van der Waals surface area contributed by atoms with Gasteiger partial charge in [0.15, 0.2) is 11.5 Å². The van der Waals surface area contributed by atoms with Gasteiger partial charge in [-0.1, -0.05) is 12.1 Å². The molecule has 1 saturated heterocycles. The lowest BCUT2D eigenvalue weighted by molar-refractivity contribution is -0.383. The highest BCUT2D eigenvalue weighted by molar-refractivity contribution is 5.99. The third kappa shape index (κ3) is 3.14. The van der Waals surface area contributed by atoms with Crippen molar-refractivity contribution in [2.24, 2.45) is 5.92 Å². The maximum Gasteiger partial charge on any atom is 0.292 e. The lowest BCUT2D eigenvalue weighted by Gasteiger charge is -2.38. The summed E-state index contributed by atoms with van der Waals surface area (Å²) in [6.07, 6.45) is 0. The molecular weight excluding hydrogens is 354 g/mol. The molecule has 0 saturated carbocycles. The van der Waals surface area contributed by atoms with Crippen molar-refractivity contribution in [2.75, 3.05) is 25.2 Å². The first-order valence-corrected chi connectivity index (χ1v) is 8.26. The van der Waals surface area contributed by atoms with Gasteiger partial charge in [0.05, 0.1) is 10.8 Å². The van der Waals surface area contributed by atoms with Gasteiger partial charge in [-0.15, -0.1) is 0 Å². The second kappa shape index (κ2) is 6.60. The summed E-state index contributed by atoms with van der Waals surface area (Å²) in [5.74, 6) is 0.147. The van der Waals surface area contributed by atoms with E-state index in [4.69, 9.17) is 9.47 Å². The van der Waals surface area contributed by atoms with Crippen LogP contribution in [0.5, 0.6) is 11.5 Å². The number of nitrogens with one attached hydrogen (secondary N) is 1. The number of amides is 2. The molecule has 2 aliphatic rings. The molecule has 0 aliphatic carbocycles. The van der Waals surface area contributed by atoms with Crippen molar-refractivity contribution in [3.63, 3.8) is 0 Å². The smallest absolute Gasteiger partial charge is 0.292 e. The van der Waals surface area contributed by atoms with Gasteiger partial charge in [0.2, 0.25) is 12.7 Å². The zero-order valence-corrected chi connectivity index (χ0v) is 14.1. The summed E-state index contributed by atoms with van der Waals surface area (Å²) in [5.41, 5.74) is 0.434. The van der Waals surface area contributed by atoms with Crippen LogP contribution in [0.2, 0.25) is 0 Å². The molecule has 9 nitrogen and oxygen atoms in total. The lowest BCUT2D eigenvalue weighted by atomic mass is 9.97. The monoisotopic (exact) mass is 369 g/mol. The van der Waals surface area contributed by atoms with Crippen LogP contribution in [0.4, 0.5) is 11.4 Å². The van der Waals surface area contributed by atoms with Crippen molar-refractivity contribution < 1.29 is 24.0 Å². The predicted octanol–water partition coefficient (Wildman–Crippen LogP) is 2.03. The Morgan fingerprint density at radius 1 is 1.11 bits per heavy atom. The van der Waals surface area contributed by atoms with Crippen molar-refractivity contribution in [2.45, 2.75) is 0 Å². The molecule has 2 aromatic carbocycles. The van der Waals surface area contributed by atoms with Gasteiger partial charge < -0.3 is 19.7 Å². The van der Waals surface area contributed by atoms with Gasteiger partial charge >= 0.3 is 0 Å². The summed E-state index contributed by atoms with van der Waals surface area (Å²) < 4.78 is 10.5. The van der Waals surface area contributed by atoms with Crippen molar-refractivity contribution >= 4 is 23.2 Å². The summed E-state index contributed by atoms with van der Waals surface area (Å²) >= 11 is 0. The Bertz CT molecular complexity index is 938. The minimum atomic E-state index is -0.550. The molecule has 27 heavy (non-hydrogen) atoms. The van der Waals surface area contributed by atoms with Gasteiger partial charge in [-0.25, -0.2) is 0 Å². The molecule has 0 radical (unpaired) electrons. The second-order valence-electron chi connectivity index (χ2n) is 6.24. The van der Waals surface area contributed by atoms with Crippen LogP contribution in [0.3, 0.4) is 0 Å². The van der Waals surface area contributed by atoms with E-state index in [0.29, 0.717) is 17.1 Å². The Labute approximate surface area is 153 Å². The number of hydrogen-bond acceptors (Lipinski definition) is 6. The maximum absolute atomic E-state index is 12.5. The van der Waals surface area contributed by atoms with Crippen molar-refractivity contribution in [3.8, 4) is 11.5 Å². The quantitative estimate of drug-likeness (QED) is 0.652. The van der Waals surface area contributed by atoms with Crippen LogP contribution in [0.15, 0.2) is 42.5 Å². The molecule has 2 aromatic rings. The van der Waals surface area contributed by atoms with Gasteiger partial charge in [0.25, 0.3) is 11.6 Å². The third-order valence-electron chi connectivity index (χ3n) is 4.52. The zero-order chi connectivity index (χ0) is 19.0. The molecule has 0 atom stereocenters. The molecule has 2 aliphatic heterocycles. The minimum absolute atomic E-state index is 0.130. The largest absolute Gasteiger partial charge is 0.454 e. The molecular formula is C18H15N3O6. The fourth-order valence-corrected chi connectivity index (χ4v) is 3.00. The summed E-state index contributed by atoms with van der Waals surface area (Å²) in [5, 5.41) is 13.6. The Morgan fingerprint density at radius 3 is 2.63 bits per heavy atom. The highest BCUT2D eigenvalue weighted by Crippen LogP contribution is 2.33. The number of anilines is 1. The minimum Gasteiger partial charge on any atom is -0.454 e. The van der Waals surface area contributed by atoms with Crippen molar-refractivity contribution in [3.05, 3.63) is 58.1 Å². The van der Waals surface area contributed by atoms with Gasteiger partial charge in [0, 0.05) is 24.7 Å². The van der Waals surface area contributed by atoms with E-state index in [-0.39, 0.29) is 43.1 Å². The average Bonchev–Trinajstić information content (AvgIpc) is 3.08. The second-order valence-corrected chi connectivity index (χ2v) is 6.24. The molecule has 1 fully saturated rings. The number of nitro benzene ring substituents is 1. The van der Waals surface area contributed by atoms with Gasteiger partial charge in [-0.05, 0) is 24.3 Å². The number of nitrogens with zero attached hydrogens (tertiary/aromatic N) is 2. The van der Waals surface area contributed by atoms with E-state index in [0.717, 1.165) is 0 Å². The molecule has 0 spiro atoms. The Morgan fingerprint density at radius 2 is 1.85 bits per heavy atom. The lowest BCUT2D eigenvalue weighted by Crippen LogP contribution is -2.54. The van der Waals surface area contributed by atoms with Crippen LogP contribution < -0.4 is 14.8 Å². The van der Waals surface area contributed by atoms with Crippen LogP contribution in [0.25, 0.3) is 0 Å². The van der Waals surface area contributed by atoms with E-state index < -0.39 is 10.8 Å². The van der Waals surface area contributed by atoms with Gasteiger partial charge in [-0.2, -0.15) is 0 Å². The van der Waals surface area contributed by atoms with E-state index in [2.05, 4.69) is 5.32 Å². The SMILES string of the molecule is O=C(Nc1ccccc1[N+](=O)[O-])C1CN(C(=O)c2ccc3c(c2)OCO3)C1. The number of hydrogen-bond donors (Lipinski definition) is 1. The summed E-state index contributed by atoms with van der Waals surface area (Å²) in [4.78, 5) is 36.8. The van der Waals surface area contributed by atoms with Gasteiger partial charge in [-0.3, -0.25) is 19.7 Å². The number of carbonyl (C=O) groups is 2. The number of benzene rings is 2. The van der Waals surface area contributed by atoms with E-state index in [1.807, 2.05) is 0 Å². The van der Waals surface area contributed by atoms with Crippen LogP contribution >= 0.6 is 0 Å². The Hall–Kier alpha value is -3.62. The first-order valence-electron chi connectivity index (χ1n) is 8.26. The highest BCUT2D eigenvalue weighted by Gasteiger charge is 2.37. The normalized spacial score (nSPS) is 15.2. The molecule has 4 rings (SSSR count). The first kappa shape index (κ1) is 16.8. The summed E-state index contributed by atoms with van der Waals surface area (Å²) in [6, 6.07) is 10.9. The van der Waals surface area contributed by atoms with E-state index in [1.54, 1.807) is 29.2 Å². The van der Waals surface area contributed by atoms with Crippen LogP contribution in [-0.4, -0.2) is 41.5 Å². The molecule has 0 unspecified atom stereocenters. The molecule has 2 heterocycles. The maximum atomic E-state index is 12.5. The third-order valence-corrected chi connectivity index (χ3v) is 4.52. The van der Waals surface area contributed by atoms with Crippen molar-refractivity contribution in [1.29, 1.82) is 0 Å². The number of carbonyl (C=O) groups excluding carboxylic acids is 2. The number of ether oxygens (including phenoxy) is 2.